The number of rotatable bonds is 7. The van der Waals surface area contributed by atoms with E-state index < -0.39 is 0 Å². The van der Waals surface area contributed by atoms with E-state index >= 15 is 0 Å². The number of hydrogen-bond donors (Lipinski definition) is 1. The molecule has 3 aromatic rings. The number of amides is 1. The zero-order valence-corrected chi connectivity index (χ0v) is 23.1. The van der Waals surface area contributed by atoms with E-state index in [0.717, 1.165) is 49.8 Å². The molecule has 1 amide bonds. The van der Waals surface area contributed by atoms with E-state index in [4.69, 9.17) is 18.9 Å². The lowest BCUT2D eigenvalue weighted by Crippen LogP contribution is -2.40. The topological polar surface area (TPSA) is 72.5 Å². The molecule has 2 aliphatic heterocycles. The van der Waals surface area contributed by atoms with Crippen molar-refractivity contribution in [3.05, 3.63) is 89.5 Å². The number of benzene rings is 3. The first-order valence-corrected chi connectivity index (χ1v) is 14.1. The molecule has 0 radical (unpaired) electrons. The maximum atomic E-state index is 12.7. The Morgan fingerprint density at radius 3 is 2.50 bits per heavy atom. The van der Waals surface area contributed by atoms with E-state index in [-0.39, 0.29) is 5.91 Å². The highest BCUT2D eigenvalue weighted by Crippen LogP contribution is 2.28. The van der Waals surface area contributed by atoms with Gasteiger partial charge >= 0.3 is 0 Å². The molecule has 1 fully saturated rings. The third kappa shape index (κ3) is 8.45. The molecule has 2 aliphatic rings. The number of morpholine rings is 1. The number of hydrogen-bond acceptors (Lipinski definition) is 7. The molecule has 0 atom stereocenters. The molecule has 8 heteroatoms. The Labute approximate surface area is 236 Å². The van der Waals surface area contributed by atoms with Crippen LogP contribution in [0, 0.1) is 0 Å². The third-order valence-corrected chi connectivity index (χ3v) is 7.05. The second kappa shape index (κ2) is 14.7. The highest BCUT2D eigenvalue weighted by atomic mass is 16.5. The molecule has 0 spiro atoms. The van der Waals surface area contributed by atoms with Crippen molar-refractivity contribution in [2.75, 3.05) is 77.3 Å². The van der Waals surface area contributed by atoms with Crippen molar-refractivity contribution >= 4 is 11.6 Å². The first-order chi connectivity index (χ1) is 19.7. The number of ether oxygens (including phenoxy) is 4. The predicted molar refractivity (Wildman–Crippen MR) is 155 cm³/mol. The molecule has 1 N–H and O–H groups in total. The standard InChI is InChI=1S/C32H39N3O5/c36-32(33-11-15-39-30-7-2-1-3-8-30)25-34-12-16-38-19-20-40-31-10-9-29(35-13-17-37-18-14-35)23-28(31)22-26-5-4-6-27(21-26)24-34/h1-10,21,23H,11-20,22,24-25H2,(H,33,36). The summed E-state index contributed by atoms with van der Waals surface area (Å²) in [5.41, 5.74) is 4.75. The average Bonchev–Trinajstić information content (AvgIpc) is 2.98. The molecular formula is C32H39N3O5. The number of para-hydroxylation sites is 1. The normalized spacial score (nSPS) is 16.8. The van der Waals surface area contributed by atoms with E-state index in [2.05, 4.69) is 57.6 Å². The molecule has 212 valence electrons. The van der Waals surface area contributed by atoms with Crippen LogP contribution in [0.4, 0.5) is 5.69 Å². The predicted octanol–water partition coefficient (Wildman–Crippen LogP) is 3.52. The van der Waals surface area contributed by atoms with Gasteiger partial charge in [0.2, 0.25) is 5.91 Å². The van der Waals surface area contributed by atoms with Crippen molar-refractivity contribution in [1.29, 1.82) is 0 Å². The molecule has 1 saturated heterocycles. The van der Waals surface area contributed by atoms with Crippen LogP contribution < -0.4 is 19.7 Å². The summed E-state index contributed by atoms with van der Waals surface area (Å²) in [4.78, 5) is 17.2. The van der Waals surface area contributed by atoms with Crippen LogP contribution in [0.3, 0.4) is 0 Å². The first kappa shape index (κ1) is 28.0. The maximum Gasteiger partial charge on any atom is 0.234 e. The fourth-order valence-electron chi connectivity index (χ4n) is 5.03. The van der Waals surface area contributed by atoms with E-state index in [1.54, 1.807) is 0 Å². The fraction of sp³-hybridized carbons (Fsp3) is 0.406. The van der Waals surface area contributed by atoms with Crippen LogP contribution in [0.5, 0.6) is 11.5 Å². The number of anilines is 1. The van der Waals surface area contributed by atoms with E-state index in [0.29, 0.717) is 52.6 Å². The molecule has 0 aromatic heterocycles. The number of nitrogens with zero attached hydrogens (tertiary/aromatic N) is 2. The Morgan fingerprint density at radius 1 is 0.825 bits per heavy atom. The SMILES string of the molecule is O=C(CN1CCOCCOc2ccc(N3CCOCC3)cc2Cc2cccc(c2)C1)NCCOc1ccccc1. The zero-order chi connectivity index (χ0) is 27.4. The molecule has 8 nitrogen and oxygen atoms in total. The Bertz CT molecular complexity index is 1220. The van der Waals surface area contributed by atoms with Gasteiger partial charge in [-0.05, 0) is 41.5 Å². The van der Waals surface area contributed by atoms with Crippen molar-refractivity contribution < 1.29 is 23.7 Å². The number of fused-ring (bicyclic) bond motifs is 3. The lowest BCUT2D eigenvalue weighted by Gasteiger charge is -2.29. The van der Waals surface area contributed by atoms with Crippen molar-refractivity contribution in [3.8, 4) is 11.5 Å². The van der Waals surface area contributed by atoms with Crippen LogP contribution >= 0.6 is 0 Å². The van der Waals surface area contributed by atoms with Crippen LogP contribution in [-0.2, 0) is 27.2 Å². The summed E-state index contributed by atoms with van der Waals surface area (Å²) in [6.45, 7) is 7.28. The largest absolute Gasteiger partial charge is 0.492 e. The molecule has 2 bridgehead atoms. The summed E-state index contributed by atoms with van der Waals surface area (Å²) in [5.74, 6) is 1.67. The van der Waals surface area contributed by atoms with E-state index in [9.17, 15) is 4.79 Å². The molecule has 0 unspecified atom stereocenters. The smallest absolute Gasteiger partial charge is 0.234 e. The van der Waals surface area contributed by atoms with Crippen LogP contribution in [0.1, 0.15) is 16.7 Å². The van der Waals surface area contributed by atoms with Gasteiger partial charge in [-0.2, -0.15) is 0 Å². The lowest BCUT2D eigenvalue weighted by atomic mass is 10.0. The maximum absolute atomic E-state index is 12.7. The molecule has 40 heavy (non-hydrogen) atoms. The molecule has 0 saturated carbocycles. The summed E-state index contributed by atoms with van der Waals surface area (Å²) >= 11 is 0. The number of carbonyl (C=O) groups is 1. The van der Waals surface area contributed by atoms with Crippen molar-refractivity contribution in [1.82, 2.24) is 10.2 Å². The van der Waals surface area contributed by atoms with Crippen LogP contribution in [0.2, 0.25) is 0 Å². The van der Waals surface area contributed by atoms with Crippen molar-refractivity contribution in [2.24, 2.45) is 0 Å². The number of nitrogens with one attached hydrogen (secondary N) is 1. The minimum atomic E-state index is -0.0261. The highest BCUT2D eigenvalue weighted by Gasteiger charge is 2.16. The van der Waals surface area contributed by atoms with Gasteiger partial charge in [-0.25, -0.2) is 0 Å². The van der Waals surface area contributed by atoms with Gasteiger partial charge in [0.25, 0.3) is 0 Å². The summed E-state index contributed by atoms with van der Waals surface area (Å²) in [7, 11) is 0. The summed E-state index contributed by atoms with van der Waals surface area (Å²) in [5, 5.41) is 2.98. The monoisotopic (exact) mass is 545 g/mol. The Kier molecular flexibility index (Phi) is 10.3. The molecule has 5 rings (SSSR count). The van der Waals surface area contributed by atoms with Crippen molar-refractivity contribution in [3.63, 3.8) is 0 Å². The van der Waals surface area contributed by atoms with Gasteiger partial charge in [-0.1, -0.05) is 42.5 Å². The average molecular weight is 546 g/mol. The second-order valence-corrected chi connectivity index (χ2v) is 10.1. The summed E-state index contributed by atoms with van der Waals surface area (Å²) in [6.07, 6.45) is 0.768. The van der Waals surface area contributed by atoms with E-state index in [1.807, 2.05) is 30.3 Å². The zero-order valence-electron chi connectivity index (χ0n) is 23.1. The lowest BCUT2D eigenvalue weighted by molar-refractivity contribution is -0.122. The third-order valence-electron chi connectivity index (χ3n) is 7.05. The Hall–Kier alpha value is -3.59. The van der Waals surface area contributed by atoms with Gasteiger partial charge in [0.05, 0.1) is 39.5 Å². The molecule has 2 heterocycles. The highest BCUT2D eigenvalue weighted by molar-refractivity contribution is 5.78. The molecule has 3 aromatic carbocycles. The van der Waals surface area contributed by atoms with Gasteiger partial charge in [0.15, 0.2) is 0 Å². The quantitative estimate of drug-likeness (QED) is 0.456. The number of carbonyl (C=O) groups excluding carboxylic acids is 1. The summed E-state index contributed by atoms with van der Waals surface area (Å²) < 4.78 is 23.3. The minimum Gasteiger partial charge on any atom is -0.492 e. The molecular weight excluding hydrogens is 506 g/mol. The summed E-state index contributed by atoms with van der Waals surface area (Å²) in [6, 6.07) is 24.7. The van der Waals surface area contributed by atoms with Gasteiger partial charge in [0.1, 0.15) is 24.7 Å². The Balaban J connectivity index is 1.22. The van der Waals surface area contributed by atoms with Gasteiger partial charge in [-0.3, -0.25) is 9.69 Å². The molecule has 0 aliphatic carbocycles. The van der Waals surface area contributed by atoms with Gasteiger partial charge in [-0.15, -0.1) is 0 Å². The fourth-order valence-corrected chi connectivity index (χ4v) is 5.03. The Morgan fingerprint density at radius 2 is 1.62 bits per heavy atom. The second-order valence-electron chi connectivity index (χ2n) is 10.1. The van der Waals surface area contributed by atoms with Gasteiger partial charge < -0.3 is 29.2 Å². The minimum absolute atomic E-state index is 0.0261. The first-order valence-electron chi connectivity index (χ1n) is 14.1. The van der Waals surface area contributed by atoms with Crippen LogP contribution in [-0.4, -0.2) is 83.2 Å². The van der Waals surface area contributed by atoms with Crippen molar-refractivity contribution in [2.45, 2.75) is 13.0 Å². The van der Waals surface area contributed by atoms with Crippen LogP contribution in [0.25, 0.3) is 0 Å². The van der Waals surface area contributed by atoms with Gasteiger partial charge in [0, 0.05) is 43.9 Å². The van der Waals surface area contributed by atoms with Crippen LogP contribution in [0.15, 0.2) is 72.8 Å². The van der Waals surface area contributed by atoms with E-state index in [1.165, 1.54) is 16.8 Å².